The molecule has 0 aromatic heterocycles. The molecule has 2 amide bonds. The van der Waals surface area contributed by atoms with E-state index < -0.39 is 0 Å². The summed E-state index contributed by atoms with van der Waals surface area (Å²) >= 11 is 0. The van der Waals surface area contributed by atoms with Crippen molar-refractivity contribution in [2.75, 3.05) is 23.8 Å². The van der Waals surface area contributed by atoms with Gasteiger partial charge in [0.15, 0.2) is 6.61 Å². The maximum absolute atomic E-state index is 12.1. The number of nitrogen functional groups attached to an aromatic ring is 1. The van der Waals surface area contributed by atoms with Gasteiger partial charge in [-0.3, -0.25) is 14.5 Å². The van der Waals surface area contributed by atoms with Gasteiger partial charge in [0.2, 0.25) is 5.91 Å². The van der Waals surface area contributed by atoms with Gasteiger partial charge in [0.05, 0.1) is 5.69 Å². The number of nitrogens with zero attached hydrogens (tertiary/aromatic N) is 1. The largest absolute Gasteiger partial charge is 0.481 e. The lowest BCUT2D eigenvalue weighted by molar-refractivity contribution is -0.125. The lowest BCUT2D eigenvalue weighted by atomic mass is 10.2. The fraction of sp³-hybridized carbons (Fsp3) is 0.467. The molecule has 1 aromatic carbocycles. The Morgan fingerprint density at radius 3 is 2.90 bits per heavy atom. The molecule has 3 N–H and O–H groups in total. The summed E-state index contributed by atoms with van der Waals surface area (Å²) in [6.45, 7) is -0.0389. The van der Waals surface area contributed by atoms with Crippen LogP contribution in [0.2, 0.25) is 0 Å². The van der Waals surface area contributed by atoms with Gasteiger partial charge >= 0.3 is 0 Å². The van der Waals surface area contributed by atoms with Crippen molar-refractivity contribution >= 4 is 23.2 Å². The Morgan fingerprint density at radius 1 is 1.38 bits per heavy atom. The van der Waals surface area contributed by atoms with Crippen molar-refractivity contribution in [2.24, 2.45) is 0 Å². The molecule has 1 heterocycles. The summed E-state index contributed by atoms with van der Waals surface area (Å²) in [5.74, 6) is 0.206. The number of fused-ring (bicyclic) bond motifs is 1. The van der Waals surface area contributed by atoms with Crippen LogP contribution in [0.5, 0.6) is 5.75 Å². The van der Waals surface area contributed by atoms with Crippen LogP contribution in [-0.2, 0) is 9.59 Å². The van der Waals surface area contributed by atoms with Crippen molar-refractivity contribution in [3.63, 3.8) is 0 Å². The molecule has 6 nitrogen and oxygen atoms in total. The number of anilines is 2. The van der Waals surface area contributed by atoms with E-state index in [-0.39, 0.29) is 31.0 Å². The van der Waals surface area contributed by atoms with E-state index in [1.807, 2.05) is 0 Å². The van der Waals surface area contributed by atoms with E-state index in [1.165, 1.54) is 4.90 Å². The molecular formula is C15H19N3O3. The molecule has 0 saturated heterocycles. The molecule has 0 unspecified atom stereocenters. The summed E-state index contributed by atoms with van der Waals surface area (Å²) in [6.07, 6.45) is 4.36. The smallest absolute Gasteiger partial charge is 0.265 e. The number of hydrogen-bond acceptors (Lipinski definition) is 4. The highest BCUT2D eigenvalue weighted by Gasteiger charge is 2.28. The molecule has 112 valence electrons. The minimum absolute atomic E-state index is 0.0234. The number of nitrogens with two attached hydrogens (primary N) is 1. The first-order valence-electron chi connectivity index (χ1n) is 7.25. The second-order valence-electron chi connectivity index (χ2n) is 5.54. The molecule has 1 aliphatic carbocycles. The normalized spacial score (nSPS) is 18.3. The van der Waals surface area contributed by atoms with Gasteiger partial charge in [-0.05, 0) is 25.0 Å². The van der Waals surface area contributed by atoms with Gasteiger partial charge in [-0.25, -0.2) is 0 Å². The lowest BCUT2D eigenvalue weighted by Gasteiger charge is -2.29. The van der Waals surface area contributed by atoms with Crippen molar-refractivity contribution in [3.8, 4) is 5.75 Å². The molecule has 0 radical (unpaired) electrons. The first-order chi connectivity index (χ1) is 10.1. The van der Waals surface area contributed by atoms with E-state index >= 15 is 0 Å². The summed E-state index contributed by atoms with van der Waals surface area (Å²) < 4.78 is 5.36. The molecule has 0 atom stereocenters. The number of rotatable bonds is 3. The van der Waals surface area contributed by atoms with Gasteiger partial charge in [-0.2, -0.15) is 0 Å². The standard InChI is InChI=1S/C15H19N3O3/c16-10-5-6-12-13(7-10)21-9-15(20)18(12)8-14(19)17-11-3-1-2-4-11/h5-7,11H,1-4,8-9,16H2,(H,17,19). The molecule has 2 aliphatic rings. The number of carbonyl (C=O) groups is 2. The summed E-state index contributed by atoms with van der Waals surface area (Å²) in [4.78, 5) is 25.6. The average molecular weight is 289 g/mol. The topological polar surface area (TPSA) is 84.7 Å². The zero-order chi connectivity index (χ0) is 14.8. The van der Waals surface area contributed by atoms with Crippen molar-refractivity contribution in [1.29, 1.82) is 0 Å². The van der Waals surface area contributed by atoms with Gasteiger partial charge in [0.1, 0.15) is 12.3 Å². The van der Waals surface area contributed by atoms with Gasteiger partial charge in [-0.15, -0.1) is 0 Å². The van der Waals surface area contributed by atoms with Gasteiger partial charge in [0.25, 0.3) is 5.91 Å². The quantitative estimate of drug-likeness (QED) is 0.815. The second-order valence-corrected chi connectivity index (χ2v) is 5.54. The Kier molecular flexibility index (Phi) is 3.68. The molecule has 6 heteroatoms. The summed E-state index contributed by atoms with van der Waals surface area (Å²) in [7, 11) is 0. The fourth-order valence-corrected chi connectivity index (χ4v) is 2.88. The van der Waals surface area contributed by atoms with Crippen LogP contribution in [0.4, 0.5) is 11.4 Å². The van der Waals surface area contributed by atoms with E-state index in [1.54, 1.807) is 18.2 Å². The van der Waals surface area contributed by atoms with Gasteiger partial charge in [0, 0.05) is 17.8 Å². The van der Waals surface area contributed by atoms with Crippen LogP contribution in [-0.4, -0.2) is 31.0 Å². The first-order valence-corrected chi connectivity index (χ1v) is 7.25. The Labute approximate surface area is 123 Å². The van der Waals surface area contributed by atoms with Crippen molar-refractivity contribution < 1.29 is 14.3 Å². The molecule has 1 aromatic rings. The third-order valence-electron chi connectivity index (χ3n) is 3.95. The van der Waals surface area contributed by atoms with E-state index in [4.69, 9.17) is 10.5 Å². The highest BCUT2D eigenvalue weighted by atomic mass is 16.5. The van der Waals surface area contributed by atoms with Crippen LogP contribution in [0.25, 0.3) is 0 Å². The number of benzene rings is 1. The minimum Gasteiger partial charge on any atom is -0.481 e. The Hall–Kier alpha value is -2.24. The highest BCUT2D eigenvalue weighted by molar-refractivity contribution is 6.02. The van der Waals surface area contributed by atoms with Gasteiger partial charge in [-0.1, -0.05) is 12.8 Å². The first kappa shape index (κ1) is 13.7. The van der Waals surface area contributed by atoms with E-state index in [0.29, 0.717) is 17.1 Å². The molecule has 1 fully saturated rings. The maximum atomic E-state index is 12.1. The molecule has 0 bridgehead atoms. The van der Waals surface area contributed by atoms with E-state index in [2.05, 4.69) is 5.32 Å². The summed E-state index contributed by atoms with van der Waals surface area (Å²) in [5, 5.41) is 2.99. The van der Waals surface area contributed by atoms with Crippen LogP contribution in [0.15, 0.2) is 18.2 Å². The Morgan fingerprint density at radius 2 is 2.14 bits per heavy atom. The zero-order valence-corrected chi connectivity index (χ0v) is 11.8. The van der Waals surface area contributed by atoms with Crippen LogP contribution >= 0.6 is 0 Å². The van der Waals surface area contributed by atoms with E-state index in [9.17, 15) is 9.59 Å². The predicted molar refractivity (Wildman–Crippen MR) is 79.1 cm³/mol. The number of amides is 2. The highest BCUT2D eigenvalue weighted by Crippen LogP contribution is 2.33. The number of carbonyl (C=O) groups excluding carboxylic acids is 2. The molecule has 0 spiro atoms. The SMILES string of the molecule is Nc1ccc2c(c1)OCC(=O)N2CC(=O)NC1CCCC1. The summed E-state index contributed by atoms with van der Waals surface area (Å²) in [6, 6.07) is 5.33. The van der Waals surface area contributed by atoms with Crippen LogP contribution in [0.3, 0.4) is 0 Å². The third-order valence-corrected chi connectivity index (χ3v) is 3.95. The van der Waals surface area contributed by atoms with E-state index in [0.717, 1.165) is 25.7 Å². The van der Waals surface area contributed by atoms with Crippen LogP contribution < -0.4 is 20.7 Å². The minimum atomic E-state index is -0.214. The molecule has 1 saturated carbocycles. The fourth-order valence-electron chi connectivity index (χ4n) is 2.88. The maximum Gasteiger partial charge on any atom is 0.265 e. The monoisotopic (exact) mass is 289 g/mol. The number of ether oxygens (including phenoxy) is 1. The van der Waals surface area contributed by atoms with Gasteiger partial charge < -0.3 is 15.8 Å². The molecule has 3 rings (SSSR count). The third kappa shape index (κ3) is 2.94. The Bertz CT molecular complexity index is 567. The molecule has 1 aliphatic heterocycles. The van der Waals surface area contributed by atoms with Crippen molar-refractivity contribution in [3.05, 3.63) is 18.2 Å². The zero-order valence-electron chi connectivity index (χ0n) is 11.8. The van der Waals surface area contributed by atoms with Crippen molar-refractivity contribution in [1.82, 2.24) is 5.32 Å². The van der Waals surface area contributed by atoms with Crippen LogP contribution in [0.1, 0.15) is 25.7 Å². The van der Waals surface area contributed by atoms with Crippen molar-refractivity contribution in [2.45, 2.75) is 31.7 Å². The second kappa shape index (κ2) is 5.63. The average Bonchev–Trinajstić information content (AvgIpc) is 2.95. The number of nitrogens with one attached hydrogen (secondary N) is 1. The van der Waals surface area contributed by atoms with Crippen LogP contribution in [0, 0.1) is 0 Å². The molecule has 21 heavy (non-hydrogen) atoms. The lowest BCUT2D eigenvalue weighted by Crippen LogP contribution is -2.46. The molecular weight excluding hydrogens is 270 g/mol. The Balaban J connectivity index is 1.72. The predicted octanol–water partition coefficient (Wildman–Crippen LogP) is 1.05. The number of hydrogen-bond donors (Lipinski definition) is 2. The summed E-state index contributed by atoms with van der Waals surface area (Å²) in [5.41, 5.74) is 6.88.